The largest absolute Gasteiger partial charge is 0.147 e. The standard InChI is InChI=1S/C10H9.C9H7.2C6H5.2ClH.H2Si.Zr/c1-8-6-9-4-2-3-5-10(9)7-8;1-2-5-9-7-3-6-8(9)4-1;2*1-2-4-6-5-3-1;;;;/h2-7H,1H3;1-7H;2*1-5H;2*1H;1H2;. The first-order valence-electron chi connectivity index (χ1n) is 11.8. The van der Waals surface area contributed by atoms with Crippen LogP contribution in [0, 0.1) is 0 Å². The molecule has 0 saturated heterocycles. The van der Waals surface area contributed by atoms with Gasteiger partial charge in [0, 0.05) is 0 Å². The van der Waals surface area contributed by atoms with Gasteiger partial charge in [-0.05, 0) is 0 Å². The second kappa shape index (κ2) is 9.83. The Kier molecular flexibility index (Phi) is 7.33. The van der Waals surface area contributed by atoms with E-state index in [1.165, 1.54) is 27.8 Å². The number of rotatable bonds is 4. The number of fused-ring (bicyclic) bond motifs is 2. The molecule has 0 spiro atoms. The van der Waals surface area contributed by atoms with Crippen molar-refractivity contribution in [2.45, 2.75) is 14.2 Å². The maximum atomic E-state index is 2.55. The van der Waals surface area contributed by atoms with Crippen LogP contribution in [0.1, 0.15) is 36.4 Å². The van der Waals surface area contributed by atoms with E-state index in [9.17, 15) is 0 Å². The van der Waals surface area contributed by atoms with Crippen molar-refractivity contribution in [3.63, 3.8) is 0 Å². The minimum absolute atomic E-state index is 0. The SMILES string of the molecule is CC1=Cc2ccccc2[CH]1[Zr](=[SiH2])([c]1ccccc1)([c]1ccccc1)[CH]1C=Cc2ccccc21.Cl.Cl. The van der Waals surface area contributed by atoms with Crippen molar-refractivity contribution in [3.05, 3.63) is 143 Å². The van der Waals surface area contributed by atoms with Gasteiger partial charge in [0.15, 0.2) is 0 Å². The molecule has 0 fully saturated rings. The van der Waals surface area contributed by atoms with Crippen LogP contribution in [0.3, 0.4) is 0 Å². The van der Waals surface area contributed by atoms with Crippen molar-refractivity contribution in [2.75, 3.05) is 0 Å². The van der Waals surface area contributed by atoms with Crippen molar-refractivity contribution in [1.82, 2.24) is 0 Å². The molecule has 0 aromatic heterocycles. The summed E-state index contributed by atoms with van der Waals surface area (Å²) < 4.78 is 3.98. The van der Waals surface area contributed by atoms with Gasteiger partial charge in [-0.15, -0.1) is 24.8 Å². The molecule has 0 saturated carbocycles. The maximum Gasteiger partial charge on any atom is -0.147 e. The first kappa shape index (κ1) is 26.1. The summed E-state index contributed by atoms with van der Waals surface area (Å²) in [4.78, 5) is 0. The Morgan fingerprint density at radius 1 is 0.600 bits per heavy atom. The summed E-state index contributed by atoms with van der Waals surface area (Å²) in [5, 5.41) is 0. The van der Waals surface area contributed by atoms with Crippen LogP contribution >= 0.6 is 24.8 Å². The van der Waals surface area contributed by atoms with Crippen molar-refractivity contribution in [2.24, 2.45) is 0 Å². The Morgan fingerprint density at radius 3 is 1.69 bits per heavy atom. The van der Waals surface area contributed by atoms with Crippen LogP contribution in [-0.4, -0.2) is 6.88 Å². The summed E-state index contributed by atoms with van der Waals surface area (Å²) in [7, 11) is 0. The molecule has 4 aromatic carbocycles. The molecular formula is C31H30Cl2SiZr. The first-order chi connectivity index (χ1) is 16.1. The molecule has 0 N–H and O–H groups in total. The van der Waals surface area contributed by atoms with E-state index in [0.29, 0.717) is 7.25 Å². The van der Waals surface area contributed by atoms with Crippen LogP contribution in [0.4, 0.5) is 0 Å². The molecule has 0 aliphatic heterocycles. The van der Waals surface area contributed by atoms with Gasteiger partial charge in [0.2, 0.25) is 0 Å². The molecule has 2 atom stereocenters. The molecule has 0 bridgehead atoms. The normalized spacial score (nSPS) is 18.1. The minimum Gasteiger partial charge on any atom is -0.147 e. The predicted octanol–water partition coefficient (Wildman–Crippen LogP) is 6.65. The van der Waals surface area contributed by atoms with Crippen LogP contribution in [0.2, 0.25) is 0 Å². The van der Waals surface area contributed by atoms with Gasteiger partial charge >= 0.3 is 200 Å². The van der Waals surface area contributed by atoms with E-state index in [4.69, 9.17) is 0 Å². The van der Waals surface area contributed by atoms with Crippen molar-refractivity contribution >= 4 is 50.4 Å². The third kappa shape index (κ3) is 3.65. The molecule has 6 rings (SSSR count). The van der Waals surface area contributed by atoms with Crippen LogP contribution in [0.5, 0.6) is 0 Å². The van der Waals surface area contributed by atoms with E-state index in [2.05, 4.69) is 141 Å². The van der Waals surface area contributed by atoms with Crippen molar-refractivity contribution in [1.29, 1.82) is 0 Å². The van der Waals surface area contributed by atoms with Gasteiger partial charge in [0.1, 0.15) is 0 Å². The Labute approximate surface area is 223 Å². The Hall–Kier alpha value is -1.96. The van der Waals surface area contributed by atoms with Crippen LogP contribution in [0.25, 0.3) is 12.2 Å². The second-order valence-electron chi connectivity index (χ2n) is 9.78. The zero-order valence-electron chi connectivity index (χ0n) is 19.8. The summed E-state index contributed by atoms with van der Waals surface area (Å²) >= 11 is -4.21. The van der Waals surface area contributed by atoms with E-state index in [1.54, 1.807) is 6.54 Å². The fourth-order valence-electron chi connectivity index (χ4n) is 6.88. The third-order valence-corrected chi connectivity index (χ3v) is 36.3. The van der Waals surface area contributed by atoms with E-state index in [1.807, 2.05) is 0 Å². The fourth-order valence-corrected chi connectivity index (χ4v) is 33.8. The number of benzene rings is 4. The second-order valence-corrected chi connectivity index (χ2v) is 32.6. The van der Waals surface area contributed by atoms with E-state index < -0.39 is 17.4 Å². The molecule has 4 heteroatoms. The molecule has 2 unspecified atom stereocenters. The maximum absolute atomic E-state index is 4.21. The van der Waals surface area contributed by atoms with Gasteiger partial charge in [-0.3, -0.25) is 0 Å². The fraction of sp³-hybridized carbons (Fsp3) is 0.0968. The number of hydrogen-bond donors (Lipinski definition) is 0. The summed E-state index contributed by atoms with van der Waals surface area (Å²) in [6.45, 7) is 4.79. The molecule has 35 heavy (non-hydrogen) atoms. The molecule has 0 nitrogen and oxygen atoms in total. The smallest absolute Gasteiger partial charge is 0.147 e. The van der Waals surface area contributed by atoms with E-state index in [-0.39, 0.29) is 24.8 Å². The predicted molar refractivity (Wildman–Crippen MR) is 156 cm³/mol. The van der Waals surface area contributed by atoms with Gasteiger partial charge < -0.3 is 0 Å². The average Bonchev–Trinajstić information content (AvgIpc) is 3.46. The van der Waals surface area contributed by atoms with E-state index >= 15 is 0 Å². The molecule has 4 aromatic rings. The molecule has 0 heterocycles. The number of hydrogen-bond acceptors (Lipinski definition) is 0. The van der Waals surface area contributed by atoms with Gasteiger partial charge in [-0.1, -0.05) is 0 Å². The molecule has 2 aliphatic carbocycles. The Bertz CT molecular complexity index is 1450. The topological polar surface area (TPSA) is 0 Å². The molecule has 0 radical (unpaired) electrons. The monoisotopic (exact) mass is 590 g/mol. The molecule has 2 aliphatic rings. The third-order valence-electron chi connectivity index (χ3n) is 8.23. The van der Waals surface area contributed by atoms with Gasteiger partial charge in [0.25, 0.3) is 0 Å². The summed E-state index contributed by atoms with van der Waals surface area (Å²) in [6.07, 6.45) is 7.39. The van der Waals surface area contributed by atoms with Crippen LogP contribution < -0.4 is 6.54 Å². The Balaban J connectivity index is 0.00000144. The molecular weight excluding hydrogens is 563 g/mol. The molecule has 0 amide bonds. The van der Waals surface area contributed by atoms with Crippen molar-refractivity contribution < 1.29 is 17.4 Å². The average molecular weight is 593 g/mol. The number of halogens is 2. The van der Waals surface area contributed by atoms with Gasteiger partial charge in [0.05, 0.1) is 0 Å². The van der Waals surface area contributed by atoms with Gasteiger partial charge in [-0.2, -0.15) is 0 Å². The zero-order chi connectivity index (χ0) is 22.5. The summed E-state index contributed by atoms with van der Waals surface area (Å²) in [5.74, 6) is 0. The molecule has 176 valence electrons. The quantitative estimate of drug-likeness (QED) is 0.233. The summed E-state index contributed by atoms with van der Waals surface area (Å²) in [5.41, 5.74) is 7.31. The van der Waals surface area contributed by atoms with Gasteiger partial charge in [-0.25, -0.2) is 0 Å². The Morgan fingerprint density at radius 2 is 1.09 bits per heavy atom. The minimum atomic E-state index is -4.21. The first-order valence-corrected chi connectivity index (χ1v) is 23.0. The van der Waals surface area contributed by atoms with Crippen LogP contribution in [0.15, 0.2) is 121 Å². The van der Waals surface area contributed by atoms with Crippen LogP contribution in [-0.2, 0) is 17.4 Å². The van der Waals surface area contributed by atoms with Crippen molar-refractivity contribution in [3.8, 4) is 0 Å². The zero-order valence-corrected chi connectivity index (χ0v) is 25.3. The summed E-state index contributed by atoms with van der Waals surface area (Å²) in [6, 6.07) is 41.3. The number of allylic oxidation sites excluding steroid dienone is 2. The van der Waals surface area contributed by atoms with E-state index in [0.717, 1.165) is 0 Å².